The molecule has 0 saturated heterocycles. The number of benzene rings is 2. The van der Waals surface area contributed by atoms with Crippen LogP contribution in [-0.4, -0.2) is 31.9 Å². The summed E-state index contributed by atoms with van der Waals surface area (Å²) in [6, 6.07) is 14.8. The van der Waals surface area contributed by atoms with Crippen molar-refractivity contribution in [1.29, 1.82) is 0 Å². The normalized spacial score (nSPS) is 11.1. The number of nitrogens with zero attached hydrogens (tertiary/aromatic N) is 2. The minimum Gasteiger partial charge on any atom is -0.355 e. The Morgan fingerprint density at radius 1 is 1.03 bits per heavy atom. The summed E-state index contributed by atoms with van der Waals surface area (Å²) in [5.74, 6) is -0.149. The van der Waals surface area contributed by atoms with Crippen LogP contribution in [0, 0.1) is 20.8 Å². The lowest BCUT2D eigenvalue weighted by Gasteiger charge is -2.15. The molecule has 1 N–H and O–H groups in total. The molecule has 32 heavy (non-hydrogen) atoms. The number of thioether (sulfide) groups is 1. The molecule has 0 aliphatic carbocycles. The predicted molar refractivity (Wildman–Crippen MR) is 127 cm³/mol. The van der Waals surface area contributed by atoms with Gasteiger partial charge < -0.3 is 4.98 Å². The zero-order valence-corrected chi connectivity index (χ0v) is 19.2. The molecule has 0 fully saturated rings. The number of carbonyl (C=O) groups is 2. The lowest BCUT2D eigenvalue weighted by Crippen LogP contribution is -2.23. The van der Waals surface area contributed by atoms with E-state index in [1.54, 1.807) is 30.5 Å². The van der Waals surface area contributed by atoms with E-state index < -0.39 is 0 Å². The second-order valence-corrected chi connectivity index (χ2v) is 8.67. The molecule has 7 heteroatoms. The molecule has 2 aromatic heterocycles. The van der Waals surface area contributed by atoms with E-state index in [9.17, 15) is 14.4 Å². The maximum absolute atomic E-state index is 13.4. The van der Waals surface area contributed by atoms with Crippen molar-refractivity contribution in [3.8, 4) is 5.69 Å². The summed E-state index contributed by atoms with van der Waals surface area (Å²) in [6.45, 7) is 6.99. The number of aryl methyl sites for hydroxylation is 2. The fourth-order valence-electron chi connectivity index (χ4n) is 4.00. The second kappa shape index (κ2) is 8.59. The molecule has 0 radical (unpaired) electrons. The molecule has 0 unspecified atom stereocenters. The summed E-state index contributed by atoms with van der Waals surface area (Å²) < 4.78 is 1.57. The first-order valence-electron chi connectivity index (χ1n) is 10.2. The predicted octanol–water partition coefficient (Wildman–Crippen LogP) is 4.82. The number of para-hydroxylation sites is 2. The lowest BCUT2D eigenvalue weighted by atomic mass is 10.1. The Morgan fingerprint density at radius 2 is 1.72 bits per heavy atom. The molecule has 0 aliphatic rings. The first-order chi connectivity index (χ1) is 15.3. The Labute approximate surface area is 189 Å². The van der Waals surface area contributed by atoms with Gasteiger partial charge in [0.15, 0.2) is 16.7 Å². The quantitative estimate of drug-likeness (QED) is 0.261. The molecule has 2 aromatic carbocycles. The first-order valence-corrected chi connectivity index (χ1v) is 11.2. The molecular formula is C25H23N3O3S. The van der Waals surface area contributed by atoms with Crippen molar-refractivity contribution in [3.05, 3.63) is 87.0 Å². The van der Waals surface area contributed by atoms with Crippen molar-refractivity contribution in [2.24, 2.45) is 0 Å². The average molecular weight is 446 g/mol. The fraction of sp³-hybridized carbons (Fsp3) is 0.200. The van der Waals surface area contributed by atoms with Crippen LogP contribution in [-0.2, 0) is 0 Å². The summed E-state index contributed by atoms with van der Waals surface area (Å²) in [5.41, 5.74) is 4.39. The second-order valence-electron chi connectivity index (χ2n) is 7.73. The van der Waals surface area contributed by atoms with Crippen molar-refractivity contribution in [2.75, 3.05) is 5.75 Å². The molecular weight excluding hydrogens is 422 g/mol. The summed E-state index contributed by atoms with van der Waals surface area (Å²) in [7, 11) is 0. The van der Waals surface area contributed by atoms with Gasteiger partial charge in [0.2, 0.25) is 0 Å². The average Bonchev–Trinajstić information content (AvgIpc) is 3.07. The third-order valence-corrected chi connectivity index (χ3v) is 6.44. The monoisotopic (exact) mass is 445 g/mol. The summed E-state index contributed by atoms with van der Waals surface area (Å²) in [5, 5.41) is 0.970. The van der Waals surface area contributed by atoms with Gasteiger partial charge in [0.1, 0.15) is 0 Å². The molecule has 4 aromatic rings. The van der Waals surface area contributed by atoms with E-state index in [4.69, 9.17) is 4.98 Å². The van der Waals surface area contributed by atoms with Crippen LogP contribution in [0.1, 0.15) is 44.6 Å². The van der Waals surface area contributed by atoms with E-state index in [1.165, 1.54) is 18.7 Å². The van der Waals surface area contributed by atoms with Crippen molar-refractivity contribution in [2.45, 2.75) is 32.9 Å². The van der Waals surface area contributed by atoms with Gasteiger partial charge in [0, 0.05) is 11.3 Å². The molecule has 0 spiro atoms. The fourth-order valence-corrected chi connectivity index (χ4v) is 4.87. The van der Waals surface area contributed by atoms with Gasteiger partial charge >= 0.3 is 0 Å². The van der Waals surface area contributed by atoms with Gasteiger partial charge in [-0.15, -0.1) is 0 Å². The van der Waals surface area contributed by atoms with E-state index in [0.717, 1.165) is 11.3 Å². The number of hydrogen-bond acceptors (Lipinski definition) is 5. The van der Waals surface area contributed by atoms with Gasteiger partial charge in [-0.1, -0.05) is 42.1 Å². The van der Waals surface area contributed by atoms with Crippen molar-refractivity contribution in [3.63, 3.8) is 0 Å². The SMILES string of the molecule is CC(=O)c1c(C)[nH]c(C(=O)CSc2nc3ccccc3c(=O)n2-c2ccccc2C)c1C. The third-order valence-electron chi connectivity index (χ3n) is 5.50. The zero-order chi connectivity index (χ0) is 23.0. The number of carbonyl (C=O) groups excluding carboxylic acids is 2. The molecule has 0 saturated carbocycles. The molecule has 0 bridgehead atoms. The van der Waals surface area contributed by atoms with Crippen LogP contribution < -0.4 is 5.56 Å². The smallest absolute Gasteiger partial charge is 0.266 e. The molecule has 0 aliphatic heterocycles. The van der Waals surface area contributed by atoms with Crippen molar-refractivity contribution >= 4 is 34.2 Å². The van der Waals surface area contributed by atoms with Crippen LogP contribution in [0.5, 0.6) is 0 Å². The van der Waals surface area contributed by atoms with Crippen LogP contribution in [0.25, 0.3) is 16.6 Å². The number of aromatic amines is 1. The van der Waals surface area contributed by atoms with Gasteiger partial charge in [0.05, 0.1) is 28.0 Å². The Bertz CT molecular complexity index is 1430. The van der Waals surface area contributed by atoms with Crippen LogP contribution >= 0.6 is 11.8 Å². The van der Waals surface area contributed by atoms with Gasteiger partial charge in [0.25, 0.3) is 5.56 Å². The van der Waals surface area contributed by atoms with E-state index >= 15 is 0 Å². The van der Waals surface area contributed by atoms with Crippen LogP contribution in [0.15, 0.2) is 58.5 Å². The Kier molecular flexibility index (Phi) is 5.84. The van der Waals surface area contributed by atoms with E-state index in [-0.39, 0.29) is 22.9 Å². The highest BCUT2D eigenvalue weighted by molar-refractivity contribution is 7.99. The Balaban J connectivity index is 1.77. The van der Waals surface area contributed by atoms with Crippen LogP contribution in [0.3, 0.4) is 0 Å². The largest absolute Gasteiger partial charge is 0.355 e. The van der Waals surface area contributed by atoms with Gasteiger partial charge in [-0.2, -0.15) is 0 Å². The Morgan fingerprint density at radius 3 is 2.41 bits per heavy atom. The number of nitrogens with one attached hydrogen (secondary N) is 1. The number of hydrogen-bond donors (Lipinski definition) is 1. The number of ketones is 2. The van der Waals surface area contributed by atoms with E-state index in [2.05, 4.69) is 4.98 Å². The molecule has 162 valence electrons. The van der Waals surface area contributed by atoms with Crippen LogP contribution in [0.4, 0.5) is 0 Å². The number of Topliss-reactive ketones (excluding diaryl/α,β-unsaturated/α-hetero) is 2. The zero-order valence-electron chi connectivity index (χ0n) is 18.4. The highest BCUT2D eigenvalue weighted by Gasteiger charge is 2.21. The van der Waals surface area contributed by atoms with Gasteiger partial charge in [-0.25, -0.2) is 4.98 Å². The summed E-state index contributed by atoms with van der Waals surface area (Å²) >= 11 is 1.21. The third kappa shape index (κ3) is 3.80. The van der Waals surface area contributed by atoms with Crippen molar-refractivity contribution < 1.29 is 9.59 Å². The number of fused-ring (bicyclic) bond motifs is 1. The molecule has 0 amide bonds. The highest BCUT2D eigenvalue weighted by atomic mass is 32.2. The summed E-state index contributed by atoms with van der Waals surface area (Å²) in [6.07, 6.45) is 0. The maximum atomic E-state index is 13.4. The first kappa shape index (κ1) is 21.8. The molecule has 4 rings (SSSR count). The topological polar surface area (TPSA) is 84.8 Å². The summed E-state index contributed by atoms with van der Waals surface area (Å²) in [4.78, 5) is 46.1. The number of aromatic nitrogens is 3. The minimum absolute atomic E-state index is 0.0764. The maximum Gasteiger partial charge on any atom is 0.266 e. The number of H-pyrrole nitrogens is 1. The van der Waals surface area contributed by atoms with Crippen LogP contribution in [0.2, 0.25) is 0 Å². The molecule has 0 atom stereocenters. The minimum atomic E-state index is -0.175. The van der Waals surface area contributed by atoms with E-state index in [0.29, 0.717) is 38.6 Å². The molecule has 6 nitrogen and oxygen atoms in total. The lowest BCUT2D eigenvalue weighted by molar-refractivity contribution is 0.101. The van der Waals surface area contributed by atoms with Gasteiger partial charge in [-0.3, -0.25) is 19.0 Å². The highest BCUT2D eigenvalue weighted by Crippen LogP contribution is 2.25. The standard InChI is InChI=1S/C25H23N3O3S/c1-14-9-5-8-12-20(14)28-24(31)18-10-6-7-11-19(18)27-25(28)32-13-21(30)23-15(2)22(17(4)29)16(3)26-23/h5-12,26H,13H2,1-4H3. The molecule has 2 heterocycles. The number of rotatable bonds is 6. The van der Waals surface area contributed by atoms with Gasteiger partial charge in [-0.05, 0) is 57.0 Å². The van der Waals surface area contributed by atoms with Crippen molar-refractivity contribution in [1.82, 2.24) is 14.5 Å². The van der Waals surface area contributed by atoms with E-state index in [1.807, 2.05) is 43.3 Å². The Hall–Kier alpha value is -3.45.